The molecule has 0 aliphatic carbocycles. The van der Waals surface area contributed by atoms with E-state index in [1.54, 1.807) is 15.8 Å². The number of aromatic nitrogens is 2. The quantitative estimate of drug-likeness (QED) is 0.767. The molecule has 132 valence electrons. The van der Waals surface area contributed by atoms with Crippen molar-refractivity contribution in [3.05, 3.63) is 36.7 Å². The molecule has 1 saturated heterocycles. The van der Waals surface area contributed by atoms with Gasteiger partial charge >= 0.3 is 0 Å². The summed E-state index contributed by atoms with van der Waals surface area (Å²) in [6.07, 6.45) is 5.13. The highest BCUT2D eigenvalue weighted by Gasteiger charge is 2.21. The van der Waals surface area contributed by atoms with Gasteiger partial charge in [-0.15, -0.1) is 0 Å². The third-order valence-electron chi connectivity index (χ3n) is 4.07. The molecule has 7 heteroatoms. The smallest absolute Gasteiger partial charge is 0.239 e. The van der Waals surface area contributed by atoms with Crippen LogP contribution in [0.5, 0.6) is 5.75 Å². The SMILES string of the molecule is Cn1cc(-c2cccc(OCCNC(=O)CN3CCCC3=O)c2)cn1. The van der Waals surface area contributed by atoms with Crippen molar-refractivity contribution in [2.45, 2.75) is 12.8 Å². The van der Waals surface area contributed by atoms with Gasteiger partial charge in [0, 0.05) is 31.8 Å². The third-order valence-corrected chi connectivity index (χ3v) is 4.07. The minimum atomic E-state index is -0.150. The van der Waals surface area contributed by atoms with Gasteiger partial charge < -0.3 is 15.0 Å². The Morgan fingerprint density at radius 2 is 2.24 bits per heavy atom. The van der Waals surface area contributed by atoms with Gasteiger partial charge in [0.05, 0.1) is 19.3 Å². The molecule has 0 bridgehead atoms. The summed E-state index contributed by atoms with van der Waals surface area (Å²) in [5.74, 6) is 0.645. The van der Waals surface area contributed by atoms with E-state index in [1.165, 1.54) is 0 Å². The summed E-state index contributed by atoms with van der Waals surface area (Å²) < 4.78 is 7.45. The Morgan fingerprint density at radius 1 is 1.36 bits per heavy atom. The minimum Gasteiger partial charge on any atom is -0.492 e. The van der Waals surface area contributed by atoms with Crippen molar-refractivity contribution < 1.29 is 14.3 Å². The molecule has 0 atom stereocenters. The molecule has 0 spiro atoms. The van der Waals surface area contributed by atoms with Gasteiger partial charge in [-0.05, 0) is 24.1 Å². The van der Waals surface area contributed by atoms with Gasteiger partial charge in [-0.2, -0.15) is 5.10 Å². The van der Waals surface area contributed by atoms with Crippen molar-refractivity contribution in [3.8, 4) is 16.9 Å². The second kappa shape index (κ2) is 7.83. The number of carbonyl (C=O) groups excluding carboxylic acids is 2. The fourth-order valence-corrected chi connectivity index (χ4v) is 2.80. The highest BCUT2D eigenvalue weighted by molar-refractivity contribution is 5.85. The number of amides is 2. The lowest BCUT2D eigenvalue weighted by Gasteiger charge is -2.15. The molecule has 0 saturated carbocycles. The fourth-order valence-electron chi connectivity index (χ4n) is 2.80. The van der Waals surface area contributed by atoms with Crippen LogP contribution in [0.25, 0.3) is 11.1 Å². The Bertz CT molecular complexity index is 756. The summed E-state index contributed by atoms with van der Waals surface area (Å²) >= 11 is 0. The van der Waals surface area contributed by atoms with E-state index in [0.29, 0.717) is 26.1 Å². The van der Waals surface area contributed by atoms with Crippen LogP contribution in [0.3, 0.4) is 0 Å². The van der Waals surface area contributed by atoms with E-state index < -0.39 is 0 Å². The van der Waals surface area contributed by atoms with E-state index in [1.807, 2.05) is 37.5 Å². The van der Waals surface area contributed by atoms with E-state index in [-0.39, 0.29) is 18.4 Å². The molecule has 2 heterocycles. The molecule has 0 radical (unpaired) electrons. The lowest BCUT2D eigenvalue weighted by Crippen LogP contribution is -2.39. The average Bonchev–Trinajstić information content (AvgIpc) is 3.21. The Labute approximate surface area is 146 Å². The highest BCUT2D eigenvalue weighted by Crippen LogP contribution is 2.23. The maximum absolute atomic E-state index is 11.8. The number of nitrogens with zero attached hydrogens (tertiary/aromatic N) is 3. The van der Waals surface area contributed by atoms with Crippen molar-refractivity contribution in [2.24, 2.45) is 7.05 Å². The molecule has 1 aliphatic rings. The van der Waals surface area contributed by atoms with Crippen molar-refractivity contribution in [3.63, 3.8) is 0 Å². The number of carbonyl (C=O) groups is 2. The summed E-state index contributed by atoms with van der Waals surface area (Å²) in [5, 5.41) is 6.94. The Morgan fingerprint density at radius 3 is 2.96 bits per heavy atom. The second-order valence-corrected chi connectivity index (χ2v) is 6.05. The van der Waals surface area contributed by atoms with E-state index in [2.05, 4.69) is 10.4 Å². The van der Waals surface area contributed by atoms with E-state index >= 15 is 0 Å². The van der Waals surface area contributed by atoms with Crippen LogP contribution in [0.1, 0.15) is 12.8 Å². The van der Waals surface area contributed by atoms with Crippen molar-refractivity contribution >= 4 is 11.8 Å². The van der Waals surface area contributed by atoms with Gasteiger partial charge in [-0.3, -0.25) is 14.3 Å². The predicted octanol–water partition coefficient (Wildman–Crippen LogP) is 1.20. The molecule has 2 amide bonds. The van der Waals surface area contributed by atoms with Crippen LogP contribution in [0.2, 0.25) is 0 Å². The zero-order chi connectivity index (χ0) is 17.6. The van der Waals surface area contributed by atoms with Crippen molar-refractivity contribution in [2.75, 3.05) is 26.2 Å². The molecule has 1 fully saturated rings. The number of aryl methyl sites for hydroxylation is 1. The number of hydrogen-bond donors (Lipinski definition) is 1. The first-order valence-electron chi connectivity index (χ1n) is 8.38. The minimum absolute atomic E-state index is 0.0543. The first-order chi connectivity index (χ1) is 12.1. The standard InChI is InChI=1S/C18H22N4O3/c1-21-12-15(11-20-21)14-4-2-5-16(10-14)25-9-7-19-17(23)13-22-8-3-6-18(22)24/h2,4-5,10-12H,3,6-9,13H2,1H3,(H,19,23). The van der Waals surface area contributed by atoms with Gasteiger partial charge in [0.25, 0.3) is 0 Å². The number of likely N-dealkylation sites (tertiary alicyclic amines) is 1. The molecule has 2 aromatic rings. The molecular weight excluding hydrogens is 320 g/mol. The van der Waals surface area contributed by atoms with Crippen LogP contribution in [0.4, 0.5) is 0 Å². The number of rotatable bonds is 7. The molecule has 7 nitrogen and oxygen atoms in total. The second-order valence-electron chi connectivity index (χ2n) is 6.05. The topological polar surface area (TPSA) is 76.5 Å². The van der Waals surface area contributed by atoms with Crippen LogP contribution in [-0.4, -0.2) is 52.7 Å². The van der Waals surface area contributed by atoms with Gasteiger partial charge in [0.2, 0.25) is 11.8 Å². The monoisotopic (exact) mass is 342 g/mol. The van der Waals surface area contributed by atoms with Gasteiger partial charge in [-0.25, -0.2) is 0 Å². The zero-order valence-electron chi connectivity index (χ0n) is 14.3. The van der Waals surface area contributed by atoms with E-state index in [9.17, 15) is 9.59 Å². The molecule has 1 aromatic heterocycles. The summed E-state index contributed by atoms with van der Waals surface area (Å²) in [7, 11) is 1.88. The first kappa shape index (κ1) is 17.0. The molecule has 25 heavy (non-hydrogen) atoms. The summed E-state index contributed by atoms with van der Waals surface area (Å²) in [5.41, 5.74) is 2.05. The maximum atomic E-state index is 11.8. The van der Waals surface area contributed by atoms with Crippen molar-refractivity contribution in [1.82, 2.24) is 20.0 Å². The van der Waals surface area contributed by atoms with E-state index in [4.69, 9.17) is 4.74 Å². The van der Waals surface area contributed by atoms with Crippen LogP contribution >= 0.6 is 0 Å². The average molecular weight is 342 g/mol. The highest BCUT2D eigenvalue weighted by atomic mass is 16.5. The molecule has 1 aromatic carbocycles. The lowest BCUT2D eigenvalue weighted by atomic mass is 10.1. The zero-order valence-corrected chi connectivity index (χ0v) is 14.3. The Hall–Kier alpha value is -2.83. The number of hydrogen-bond acceptors (Lipinski definition) is 4. The number of nitrogens with one attached hydrogen (secondary N) is 1. The molecule has 3 rings (SSSR count). The lowest BCUT2D eigenvalue weighted by molar-refractivity contribution is -0.133. The summed E-state index contributed by atoms with van der Waals surface area (Å²) in [4.78, 5) is 24.9. The summed E-state index contributed by atoms with van der Waals surface area (Å²) in [6.45, 7) is 1.58. The molecular formula is C18H22N4O3. The Kier molecular flexibility index (Phi) is 5.33. The van der Waals surface area contributed by atoms with Crippen LogP contribution < -0.4 is 10.1 Å². The molecule has 0 unspecified atom stereocenters. The fraction of sp³-hybridized carbons (Fsp3) is 0.389. The predicted molar refractivity (Wildman–Crippen MR) is 93.0 cm³/mol. The van der Waals surface area contributed by atoms with Crippen LogP contribution in [0, 0.1) is 0 Å². The van der Waals surface area contributed by atoms with Gasteiger partial charge in [0.15, 0.2) is 0 Å². The third kappa shape index (κ3) is 4.59. The molecule has 1 N–H and O–H groups in total. The van der Waals surface area contributed by atoms with Crippen molar-refractivity contribution in [1.29, 1.82) is 0 Å². The normalized spacial score (nSPS) is 14.0. The molecule has 1 aliphatic heterocycles. The largest absolute Gasteiger partial charge is 0.492 e. The van der Waals surface area contributed by atoms with E-state index in [0.717, 1.165) is 23.3 Å². The Balaban J connectivity index is 1.43. The number of ether oxygens (including phenoxy) is 1. The summed E-state index contributed by atoms with van der Waals surface area (Å²) in [6, 6.07) is 7.75. The van der Waals surface area contributed by atoms with Gasteiger partial charge in [0.1, 0.15) is 12.4 Å². The first-order valence-corrected chi connectivity index (χ1v) is 8.38. The van der Waals surface area contributed by atoms with Crippen LogP contribution in [0.15, 0.2) is 36.7 Å². The van der Waals surface area contributed by atoms with Gasteiger partial charge in [-0.1, -0.05) is 12.1 Å². The van der Waals surface area contributed by atoms with Crippen LogP contribution in [-0.2, 0) is 16.6 Å². The maximum Gasteiger partial charge on any atom is 0.239 e. The number of benzene rings is 1.